The number of hydrogen-bond acceptors (Lipinski definition) is 5. The summed E-state index contributed by atoms with van der Waals surface area (Å²) in [4.78, 5) is 32.8. The van der Waals surface area contributed by atoms with Gasteiger partial charge in [0.1, 0.15) is 0 Å². The van der Waals surface area contributed by atoms with E-state index < -0.39 is 0 Å². The van der Waals surface area contributed by atoms with Crippen molar-refractivity contribution in [1.82, 2.24) is 4.98 Å². The van der Waals surface area contributed by atoms with E-state index in [0.717, 1.165) is 40.0 Å². The van der Waals surface area contributed by atoms with Gasteiger partial charge in [-0.25, -0.2) is 0 Å². The molecule has 0 saturated carbocycles. The molecule has 0 fully saturated rings. The minimum atomic E-state index is -0.222. The minimum absolute atomic E-state index is 0.0901. The molecule has 33 heavy (non-hydrogen) atoms. The SMILES string of the molecule is CC1C2=C(CC(C)(C)CC2=O)Nc2ccccc2N1CC(=O)Nc1cnc2ccccc2c1. The molecule has 1 aliphatic heterocycles. The zero-order valence-electron chi connectivity index (χ0n) is 19.2. The summed E-state index contributed by atoms with van der Waals surface area (Å²) in [5.74, 6) is -0.000402. The Kier molecular flexibility index (Phi) is 5.16. The number of fused-ring (bicyclic) bond motifs is 2. The van der Waals surface area contributed by atoms with Gasteiger partial charge in [0, 0.05) is 23.1 Å². The normalized spacial score (nSPS) is 19.4. The van der Waals surface area contributed by atoms with Crippen LogP contribution in [0.1, 0.15) is 33.6 Å². The van der Waals surface area contributed by atoms with Gasteiger partial charge < -0.3 is 15.5 Å². The molecule has 1 aromatic heterocycles. The Balaban J connectivity index is 1.45. The molecule has 1 atom stereocenters. The molecule has 2 heterocycles. The van der Waals surface area contributed by atoms with E-state index in [1.54, 1.807) is 6.20 Å². The molecule has 3 aromatic rings. The molecular weight excluding hydrogens is 412 g/mol. The summed E-state index contributed by atoms with van der Waals surface area (Å²) >= 11 is 0. The van der Waals surface area contributed by atoms with Crippen molar-refractivity contribution >= 4 is 39.7 Å². The van der Waals surface area contributed by atoms with Gasteiger partial charge >= 0.3 is 0 Å². The largest absolute Gasteiger partial charge is 0.357 e. The van der Waals surface area contributed by atoms with Crippen LogP contribution in [0.3, 0.4) is 0 Å². The first-order valence-electron chi connectivity index (χ1n) is 11.3. The third-order valence-electron chi connectivity index (χ3n) is 6.49. The van der Waals surface area contributed by atoms with Crippen molar-refractivity contribution in [3.8, 4) is 0 Å². The second kappa shape index (κ2) is 8.03. The number of anilines is 3. The number of ketones is 1. The first-order valence-corrected chi connectivity index (χ1v) is 11.3. The molecule has 1 unspecified atom stereocenters. The van der Waals surface area contributed by atoms with Gasteiger partial charge in [-0.15, -0.1) is 0 Å². The summed E-state index contributed by atoms with van der Waals surface area (Å²) in [6.45, 7) is 6.39. The number of pyridine rings is 1. The molecule has 5 rings (SSSR count). The Hall–Kier alpha value is -3.67. The molecule has 6 heteroatoms. The average Bonchev–Trinajstić information content (AvgIpc) is 2.87. The van der Waals surface area contributed by atoms with Gasteiger partial charge in [-0.3, -0.25) is 14.6 Å². The standard InChI is InChI=1S/C27H28N4O2/c1-17-26-22(13-27(2,3)14-24(26)32)30-21-10-6-7-11-23(21)31(17)16-25(33)29-19-12-18-8-4-5-9-20(18)28-15-19/h4-12,15,17,30H,13-14,16H2,1-3H3,(H,29,33). The van der Waals surface area contributed by atoms with E-state index >= 15 is 0 Å². The summed E-state index contributed by atoms with van der Waals surface area (Å²) in [6, 6.07) is 17.4. The molecule has 0 bridgehead atoms. The molecule has 1 amide bonds. The third-order valence-corrected chi connectivity index (χ3v) is 6.49. The number of hydrogen-bond donors (Lipinski definition) is 2. The fourth-order valence-corrected chi connectivity index (χ4v) is 5.00. The molecule has 168 valence electrons. The lowest BCUT2D eigenvalue weighted by Crippen LogP contribution is -2.43. The number of carbonyl (C=O) groups excluding carboxylic acids is 2. The number of amides is 1. The van der Waals surface area contributed by atoms with Crippen molar-refractivity contribution in [1.29, 1.82) is 0 Å². The first kappa shape index (κ1) is 21.2. The predicted octanol–water partition coefficient (Wildman–Crippen LogP) is 5.14. The van der Waals surface area contributed by atoms with E-state index in [9.17, 15) is 9.59 Å². The van der Waals surface area contributed by atoms with E-state index in [4.69, 9.17) is 0 Å². The highest BCUT2D eigenvalue weighted by Crippen LogP contribution is 2.43. The van der Waals surface area contributed by atoms with Gasteiger partial charge in [-0.1, -0.05) is 44.2 Å². The Morgan fingerprint density at radius 1 is 1.15 bits per heavy atom. The third kappa shape index (κ3) is 4.09. The van der Waals surface area contributed by atoms with Crippen LogP contribution in [-0.2, 0) is 9.59 Å². The van der Waals surface area contributed by atoms with Gasteiger partial charge in [0.05, 0.1) is 41.4 Å². The van der Waals surface area contributed by atoms with Gasteiger partial charge in [0.2, 0.25) is 5.91 Å². The number of allylic oxidation sites excluding steroid dienone is 1. The quantitative estimate of drug-likeness (QED) is 0.590. The van der Waals surface area contributed by atoms with Crippen molar-refractivity contribution < 1.29 is 9.59 Å². The molecule has 1 aliphatic carbocycles. The molecule has 0 saturated heterocycles. The van der Waals surface area contributed by atoms with Crippen molar-refractivity contribution in [2.24, 2.45) is 5.41 Å². The molecule has 2 aromatic carbocycles. The number of aromatic nitrogens is 1. The summed E-state index contributed by atoms with van der Waals surface area (Å²) in [6.07, 6.45) is 2.99. The number of para-hydroxylation sites is 3. The van der Waals surface area contributed by atoms with Crippen molar-refractivity contribution in [2.45, 2.75) is 39.7 Å². The summed E-state index contributed by atoms with van der Waals surface area (Å²) in [5.41, 5.74) is 5.03. The average molecular weight is 441 g/mol. The fourth-order valence-electron chi connectivity index (χ4n) is 5.00. The summed E-state index contributed by atoms with van der Waals surface area (Å²) in [5, 5.41) is 7.48. The molecule has 0 radical (unpaired) electrons. The zero-order valence-corrected chi connectivity index (χ0v) is 19.2. The molecule has 0 spiro atoms. The Morgan fingerprint density at radius 2 is 1.91 bits per heavy atom. The van der Waals surface area contributed by atoms with Crippen LogP contribution in [-0.4, -0.2) is 29.3 Å². The van der Waals surface area contributed by atoms with Gasteiger partial charge in [0.15, 0.2) is 5.78 Å². The lowest BCUT2D eigenvalue weighted by atomic mass is 9.74. The number of Topliss-reactive ketones (excluding diaryl/α,β-unsaturated/α-hetero) is 1. The molecule has 2 aliphatic rings. The highest BCUT2D eigenvalue weighted by molar-refractivity contribution is 6.02. The van der Waals surface area contributed by atoms with Crippen molar-refractivity contribution in [3.63, 3.8) is 0 Å². The van der Waals surface area contributed by atoms with Gasteiger partial charge in [-0.05, 0) is 43.0 Å². The highest BCUT2D eigenvalue weighted by atomic mass is 16.2. The Labute approximate surface area is 193 Å². The number of nitrogens with zero attached hydrogens (tertiary/aromatic N) is 2. The Bertz CT molecular complexity index is 1290. The number of nitrogens with one attached hydrogen (secondary N) is 2. The second-order valence-corrected chi connectivity index (χ2v) is 9.74. The molecule has 6 nitrogen and oxygen atoms in total. The van der Waals surface area contributed by atoms with Crippen LogP contribution in [0, 0.1) is 5.41 Å². The number of rotatable bonds is 3. The van der Waals surface area contributed by atoms with Crippen LogP contribution in [0.4, 0.5) is 17.1 Å². The number of benzene rings is 2. The van der Waals surface area contributed by atoms with Gasteiger partial charge in [0.25, 0.3) is 0 Å². The monoisotopic (exact) mass is 440 g/mol. The zero-order chi connectivity index (χ0) is 23.2. The summed E-state index contributed by atoms with van der Waals surface area (Å²) < 4.78 is 0. The smallest absolute Gasteiger partial charge is 0.243 e. The van der Waals surface area contributed by atoms with Crippen molar-refractivity contribution in [2.75, 3.05) is 22.1 Å². The minimum Gasteiger partial charge on any atom is -0.357 e. The second-order valence-electron chi connectivity index (χ2n) is 9.74. The molecule has 2 N–H and O–H groups in total. The highest BCUT2D eigenvalue weighted by Gasteiger charge is 2.39. The van der Waals surface area contributed by atoms with Crippen LogP contribution < -0.4 is 15.5 Å². The number of carbonyl (C=O) groups is 2. The first-order chi connectivity index (χ1) is 15.8. The predicted molar refractivity (Wildman–Crippen MR) is 132 cm³/mol. The van der Waals surface area contributed by atoms with E-state index in [2.05, 4.69) is 29.5 Å². The van der Waals surface area contributed by atoms with Crippen molar-refractivity contribution in [3.05, 3.63) is 72.1 Å². The lowest BCUT2D eigenvalue weighted by molar-refractivity contribution is -0.118. The maximum Gasteiger partial charge on any atom is 0.243 e. The lowest BCUT2D eigenvalue weighted by Gasteiger charge is -2.36. The van der Waals surface area contributed by atoms with Crippen LogP contribution in [0.15, 0.2) is 72.1 Å². The van der Waals surface area contributed by atoms with Gasteiger partial charge in [-0.2, -0.15) is 0 Å². The van der Waals surface area contributed by atoms with Crippen LogP contribution in [0.2, 0.25) is 0 Å². The van der Waals surface area contributed by atoms with E-state index in [0.29, 0.717) is 12.1 Å². The fraction of sp³-hybridized carbons (Fsp3) is 0.296. The maximum atomic E-state index is 13.2. The van der Waals surface area contributed by atoms with E-state index in [-0.39, 0.29) is 29.7 Å². The van der Waals surface area contributed by atoms with Crippen LogP contribution >= 0.6 is 0 Å². The van der Waals surface area contributed by atoms with E-state index in [1.807, 2.05) is 66.4 Å². The molecular formula is C27H28N4O2. The van der Waals surface area contributed by atoms with E-state index in [1.165, 1.54) is 0 Å². The topological polar surface area (TPSA) is 74.3 Å². The Morgan fingerprint density at radius 3 is 2.76 bits per heavy atom. The van der Waals surface area contributed by atoms with Crippen LogP contribution in [0.25, 0.3) is 10.9 Å². The summed E-state index contributed by atoms with van der Waals surface area (Å²) in [7, 11) is 0. The maximum absolute atomic E-state index is 13.2. The van der Waals surface area contributed by atoms with Crippen LogP contribution in [0.5, 0.6) is 0 Å².